The smallest absolute Gasteiger partial charge is 0.248 e. The van der Waals surface area contributed by atoms with Crippen LogP contribution in [-0.4, -0.2) is 47.1 Å². The number of carbonyl (C=O) groups is 1. The lowest BCUT2D eigenvalue weighted by Gasteiger charge is -2.32. The number of rotatable bonds is 5. The molecule has 1 atom stereocenters. The molecule has 0 unspecified atom stereocenters. The molecule has 1 aromatic carbocycles. The van der Waals surface area contributed by atoms with E-state index in [4.69, 9.17) is 9.72 Å². The molecule has 126 valence electrons. The first-order valence-corrected chi connectivity index (χ1v) is 8.52. The monoisotopic (exact) mass is 325 g/mol. The highest BCUT2D eigenvalue weighted by Gasteiger charge is 2.25. The Morgan fingerprint density at radius 2 is 2.12 bits per heavy atom. The van der Waals surface area contributed by atoms with Crippen LogP contribution < -0.4 is 0 Å². The predicted molar refractivity (Wildman–Crippen MR) is 92.5 cm³/mol. The van der Waals surface area contributed by atoms with Crippen LogP contribution in [0.4, 0.5) is 0 Å². The van der Waals surface area contributed by atoms with E-state index >= 15 is 0 Å². The van der Waals surface area contributed by atoms with Gasteiger partial charge in [0, 0.05) is 43.1 Å². The Bertz CT molecular complexity index is 675. The zero-order valence-electron chi connectivity index (χ0n) is 14.0. The first kappa shape index (κ1) is 16.6. The summed E-state index contributed by atoms with van der Waals surface area (Å²) in [6.45, 7) is 4.14. The zero-order valence-corrected chi connectivity index (χ0v) is 14.0. The van der Waals surface area contributed by atoms with Gasteiger partial charge in [-0.05, 0) is 25.8 Å². The van der Waals surface area contributed by atoms with Gasteiger partial charge in [-0.1, -0.05) is 30.3 Å². The van der Waals surface area contributed by atoms with E-state index < -0.39 is 0 Å². The maximum atomic E-state index is 12.2. The summed E-state index contributed by atoms with van der Waals surface area (Å²) in [6.07, 6.45) is 3.85. The first-order chi connectivity index (χ1) is 11.8. The van der Waals surface area contributed by atoms with Crippen molar-refractivity contribution in [3.8, 4) is 11.4 Å². The molecule has 1 saturated heterocycles. The van der Waals surface area contributed by atoms with Crippen LogP contribution in [-0.2, 0) is 9.53 Å². The van der Waals surface area contributed by atoms with E-state index in [1.807, 2.05) is 54.4 Å². The van der Waals surface area contributed by atoms with E-state index in [-0.39, 0.29) is 18.4 Å². The van der Waals surface area contributed by atoms with Crippen LogP contribution in [0.3, 0.4) is 0 Å². The fraction of sp³-hybridized carbons (Fsp3) is 0.421. The van der Waals surface area contributed by atoms with E-state index in [0.29, 0.717) is 13.2 Å². The van der Waals surface area contributed by atoms with E-state index in [0.717, 1.165) is 36.5 Å². The van der Waals surface area contributed by atoms with Crippen molar-refractivity contribution < 1.29 is 9.53 Å². The minimum Gasteiger partial charge on any atom is -0.372 e. The van der Waals surface area contributed by atoms with Gasteiger partial charge < -0.3 is 9.64 Å². The Labute approximate surface area is 142 Å². The number of likely N-dealkylation sites (tertiary alicyclic amines) is 1. The Balaban J connectivity index is 1.73. The van der Waals surface area contributed by atoms with Gasteiger partial charge in [0.2, 0.25) is 5.91 Å². The average molecular weight is 325 g/mol. The third-order valence-electron chi connectivity index (χ3n) is 4.33. The third-order valence-corrected chi connectivity index (χ3v) is 4.33. The lowest BCUT2D eigenvalue weighted by Crippen LogP contribution is -2.41. The molecule has 1 aliphatic heterocycles. The van der Waals surface area contributed by atoms with Gasteiger partial charge in [0.05, 0.1) is 0 Å². The molecule has 5 nitrogen and oxygen atoms in total. The van der Waals surface area contributed by atoms with Crippen LogP contribution in [0.5, 0.6) is 0 Å². The Kier molecular flexibility index (Phi) is 5.54. The maximum absolute atomic E-state index is 12.2. The number of aromatic nitrogens is 2. The molecule has 0 saturated carbocycles. The molecular weight excluding hydrogens is 302 g/mol. The van der Waals surface area contributed by atoms with Gasteiger partial charge in [0.1, 0.15) is 6.61 Å². The molecule has 0 aliphatic carbocycles. The molecule has 2 heterocycles. The molecule has 1 aromatic heterocycles. The van der Waals surface area contributed by atoms with E-state index in [1.54, 1.807) is 0 Å². The van der Waals surface area contributed by atoms with Crippen LogP contribution >= 0.6 is 0 Å². The second kappa shape index (κ2) is 8.02. The topological polar surface area (TPSA) is 55.3 Å². The van der Waals surface area contributed by atoms with Gasteiger partial charge in [0.25, 0.3) is 0 Å². The van der Waals surface area contributed by atoms with Gasteiger partial charge in [0.15, 0.2) is 5.82 Å². The zero-order chi connectivity index (χ0) is 16.8. The standard InChI is InChI=1S/C19H23N3O2/c1-2-24-14-18(23)22-12-6-9-16(13-22)17-10-11-20-19(21-17)15-7-4-3-5-8-15/h3-5,7-8,10-11,16H,2,6,9,12-14H2,1H3/t16-/m0/s1. The summed E-state index contributed by atoms with van der Waals surface area (Å²) in [5.41, 5.74) is 2.03. The second-order valence-corrected chi connectivity index (χ2v) is 5.99. The Morgan fingerprint density at radius 3 is 2.92 bits per heavy atom. The summed E-state index contributed by atoms with van der Waals surface area (Å²) < 4.78 is 5.25. The van der Waals surface area contributed by atoms with Crippen LogP contribution in [0.1, 0.15) is 31.4 Å². The summed E-state index contributed by atoms with van der Waals surface area (Å²) in [4.78, 5) is 23.2. The van der Waals surface area contributed by atoms with Crippen LogP contribution in [0.2, 0.25) is 0 Å². The fourth-order valence-electron chi connectivity index (χ4n) is 3.05. The molecule has 1 fully saturated rings. The molecule has 2 aromatic rings. The van der Waals surface area contributed by atoms with Crippen molar-refractivity contribution in [2.45, 2.75) is 25.7 Å². The summed E-state index contributed by atoms with van der Waals surface area (Å²) in [6, 6.07) is 11.9. The van der Waals surface area contributed by atoms with Crippen molar-refractivity contribution >= 4 is 5.91 Å². The van der Waals surface area contributed by atoms with Crippen molar-refractivity contribution in [1.82, 2.24) is 14.9 Å². The number of hydrogen-bond donors (Lipinski definition) is 0. The number of nitrogens with zero attached hydrogens (tertiary/aromatic N) is 3. The van der Waals surface area contributed by atoms with Gasteiger partial charge in [-0.3, -0.25) is 4.79 Å². The highest BCUT2D eigenvalue weighted by molar-refractivity contribution is 5.77. The number of hydrogen-bond acceptors (Lipinski definition) is 4. The van der Waals surface area contributed by atoms with Crippen molar-refractivity contribution in [3.05, 3.63) is 48.3 Å². The number of ether oxygens (including phenoxy) is 1. The summed E-state index contributed by atoms with van der Waals surface area (Å²) >= 11 is 0. The second-order valence-electron chi connectivity index (χ2n) is 5.99. The summed E-state index contributed by atoms with van der Waals surface area (Å²) in [7, 11) is 0. The van der Waals surface area contributed by atoms with Crippen molar-refractivity contribution in [1.29, 1.82) is 0 Å². The third kappa shape index (κ3) is 3.97. The van der Waals surface area contributed by atoms with Crippen molar-refractivity contribution in [2.75, 3.05) is 26.3 Å². The number of piperidine rings is 1. The minimum absolute atomic E-state index is 0.0684. The van der Waals surface area contributed by atoms with Crippen molar-refractivity contribution in [2.24, 2.45) is 0 Å². The SMILES string of the molecule is CCOCC(=O)N1CCC[C@H](c2ccnc(-c3ccccc3)n2)C1. The van der Waals surface area contributed by atoms with E-state index in [1.165, 1.54) is 0 Å². The highest BCUT2D eigenvalue weighted by atomic mass is 16.5. The fourth-order valence-corrected chi connectivity index (χ4v) is 3.05. The largest absolute Gasteiger partial charge is 0.372 e. The predicted octanol–water partition coefficient (Wildman–Crippen LogP) is 2.89. The molecule has 1 aliphatic rings. The quantitative estimate of drug-likeness (QED) is 0.848. The summed E-state index contributed by atoms with van der Waals surface area (Å²) in [5.74, 6) is 1.07. The first-order valence-electron chi connectivity index (χ1n) is 8.52. The number of benzene rings is 1. The normalized spacial score (nSPS) is 17.7. The minimum atomic E-state index is 0.0684. The molecule has 24 heavy (non-hydrogen) atoms. The summed E-state index contributed by atoms with van der Waals surface area (Å²) in [5, 5.41) is 0. The van der Waals surface area contributed by atoms with Crippen LogP contribution in [0.25, 0.3) is 11.4 Å². The molecule has 0 spiro atoms. The van der Waals surface area contributed by atoms with Gasteiger partial charge in [-0.25, -0.2) is 9.97 Å². The maximum Gasteiger partial charge on any atom is 0.248 e. The van der Waals surface area contributed by atoms with Gasteiger partial charge >= 0.3 is 0 Å². The van der Waals surface area contributed by atoms with Crippen LogP contribution in [0.15, 0.2) is 42.6 Å². The Hall–Kier alpha value is -2.27. The lowest BCUT2D eigenvalue weighted by molar-refractivity contribution is -0.137. The average Bonchev–Trinajstić information content (AvgIpc) is 2.67. The number of carbonyl (C=O) groups excluding carboxylic acids is 1. The van der Waals surface area contributed by atoms with E-state index in [9.17, 15) is 4.79 Å². The Morgan fingerprint density at radius 1 is 1.29 bits per heavy atom. The molecule has 1 amide bonds. The lowest BCUT2D eigenvalue weighted by atomic mass is 9.94. The molecule has 0 radical (unpaired) electrons. The van der Waals surface area contributed by atoms with E-state index in [2.05, 4.69) is 4.98 Å². The van der Waals surface area contributed by atoms with Crippen molar-refractivity contribution in [3.63, 3.8) is 0 Å². The van der Waals surface area contributed by atoms with Gasteiger partial charge in [-0.15, -0.1) is 0 Å². The highest BCUT2D eigenvalue weighted by Crippen LogP contribution is 2.26. The van der Waals surface area contributed by atoms with Crippen LogP contribution in [0, 0.1) is 0 Å². The van der Waals surface area contributed by atoms with Gasteiger partial charge in [-0.2, -0.15) is 0 Å². The molecule has 0 N–H and O–H groups in total. The molecular formula is C19H23N3O2. The molecule has 5 heteroatoms. The molecule has 3 rings (SSSR count). The molecule has 0 bridgehead atoms. The number of amides is 1.